The van der Waals surface area contributed by atoms with Crippen molar-refractivity contribution < 1.29 is 14.7 Å². The SMILES string of the molecule is NCC(=O)N1CC[C@@]2(CC[C@@H](C(=O)O)C2)C1. The van der Waals surface area contributed by atoms with Crippen molar-refractivity contribution in [2.75, 3.05) is 19.6 Å². The Hall–Kier alpha value is -1.10. The van der Waals surface area contributed by atoms with Crippen LogP contribution < -0.4 is 5.73 Å². The summed E-state index contributed by atoms with van der Waals surface area (Å²) in [5.74, 6) is -0.927. The predicted molar refractivity (Wildman–Crippen MR) is 57.7 cm³/mol. The zero-order chi connectivity index (χ0) is 11.8. The van der Waals surface area contributed by atoms with E-state index in [-0.39, 0.29) is 23.8 Å². The Morgan fingerprint density at radius 1 is 1.44 bits per heavy atom. The second-order valence-electron chi connectivity index (χ2n) is 5.05. The summed E-state index contributed by atoms with van der Waals surface area (Å²) < 4.78 is 0. The van der Waals surface area contributed by atoms with Gasteiger partial charge in [0.15, 0.2) is 0 Å². The van der Waals surface area contributed by atoms with Crippen LogP contribution in [0.4, 0.5) is 0 Å². The third-order valence-electron chi connectivity index (χ3n) is 4.02. The summed E-state index contributed by atoms with van der Waals surface area (Å²) in [6.07, 6.45) is 3.33. The van der Waals surface area contributed by atoms with Crippen LogP contribution in [0, 0.1) is 11.3 Å². The molecule has 90 valence electrons. The van der Waals surface area contributed by atoms with Gasteiger partial charge in [-0.05, 0) is 31.1 Å². The van der Waals surface area contributed by atoms with Gasteiger partial charge in [0, 0.05) is 13.1 Å². The number of rotatable bonds is 2. The molecule has 2 atom stereocenters. The first kappa shape index (κ1) is 11.4. The number of carbonyl (C=O) groups excluding carboxylic acids is 1. The fourth-order valence-electron chi connectivity index (χ4n) is 3.07. The molecule has 1 heterocycles. The number of carboxylic acid groups (broad SMARTS) is 1. The fraction of sp³-hybridized carbons (Fsp3) is 0.818. The molecule has 5 heteroatoms. The van der Waals surface area contributed by atoms with Gasteiger partial charge >= 0.3 is 5.97 Å². The van der Waals surface area contributed by atoms with Gasteiger partial charge in [0.1, 0.15) is 0 Å². The van der Waals surface area contributed by atoms with Gasteiger partial charge in [0.25, 0.3) is 0 Å². The number of likely N-dealkylation sites (tertiary alicyclic amines) is 1. The Morgan fingerprint density at radius 3 is 2.75 bits per heavy atom. The van der Waals surface area contributed by atoms with E-state index < -0.39 is 5.97 Å². The molecule has 2 rings (SSSR count). The topological polar surface area (TPSA) is 83.6 Å². The van der Waals surface area contributed by atoms with Crippen LogP contribution in [0.25, 0.3) is 0 Å². The molecule has 2 fully saturated rings. The molecule has 1 saturated heterocycles. The smallest absolute Gasteiger partial charge is 0.306 e. The maximum absolute atomic E-state index is 11.5. The third kappa shape index (κ3) is 1.91. The number of carbonyl (C=O) groups is 2. The van der Waals surface area contributed by atoms with Gasteiger partial charge in [-0.3, -0.25) is 9.59 Å². The van der Waals surface area contributed by atoms with Gasteiger partial charge in [-0.1, -0.05) is 0 Å². The van der Waals surface area contributed by atoms with Crippen molar-refractivity contribution in [3.63, 3.8) is 0 Å². The summed E-state index contributed by atoms with van der Waals surface area (Å²) in [7, 11) is 0. The molecule has 3 N–H and O–H groups in total. The number of aliphatic carboxylic acids is 1. The minimum atomic E-state index is -0.694. The summed E-state index contributed by atoms with van der Waals surface area (Å²) >= 11 is 0. The lowest BCUT2D eigenvalue weighted by atomic mass is 9.84. The third-order valence-corrected chi connectivity index (χ3v) is 4.02. The Bertz CT molecular complexity index is 318. The van der Waals surface area contributed by atoms with Crippen LogP contribution in [0.3, 0.4) is 0 Å². The summed E-state index contributed by atoms with van der Waals surface area (Å²) in [5.41, 5.74) is 5.39. The van der Waals surface area contributed by atoms with Gasteiger partial charge < -0.3 is 15.7 Å². The van der Waals surface area contributed by atoms with E-state index in [1.165, 1.54) is 0 Å². The molecule has 1 aliphatic heterocycles. The molecule has 1 spiro atoms. The lowest BCUT2D eigenvalue weighted by molar-refractivity contribution is -0.141. The molecule has 1 aliphatic carbocycles. The minimum Gasteiger partial charge on any atom is -0.481 e. The molecule has 0 aromatic carbocycles. The van der Waals surface area contributed by atoms with Crippen molar-refractivity contribution in [1.82, 2.24) is 4.90 Å². The maximum atomic E-state index is 11.5. The van der Waals surface area contributed by atoms with Gasteiger partial charge in [-0.25, -0.2) is 0 Å². The summed E-state index contributed by atoms with van der Waals surface area (Å²) in [4.78, 5) is 24.1. The zero-order valence-corrected chi connectivity index (χ0v) is 9.32. The predicted octanol–water partition coefficient (Wildman–Crippen LogP) is 0.0485. The van der Waals surface area contributed by atoms with Crippen LogP contribution in [-0.4, -0.2) is 41.5 Å². The Kier molecular flexibility index (Phi) is 2.88. The second-order valence-corrected chi connectivity index (χ2v) is 5.05. The van der Waals surface area contributed by atoms with Crippen LogP contribution in [0.1, 0.15) is 25.7 Å². The quantitative estimate of drug-likeness (QED) is 0.696. The van der Waals surface area contributed by atoms with Crippen molar-refractivity contribution in [2.45, 2.75) is 25.7 Å². The average Bonchev–Trinajstić information content (AvgIpc) is 2.86. The Labute approximate surface area is 94.6 Å². The molecule has 0 aromatic rings. The average molecular weight is 226 g/mol. The minimum absolute atomic E-state index is 0.0179. The Morgan fingerprint density at radius 2 is 2.19 bits per heavy atom. The lowest BCUT2D eigenvalue weighted by Crippen LogP contribution is -2.35. The lowest BCUT2D eigenvalue weighted by Gasteiger charge is -2.23. The van der Waals surface area contributed by atoms with Crippen LogP contribution in [0.15, 0.2) is 0 Å². The van der Waals surface area contributed by atoms with Crippen LogP contribution in [-0.2, 0) is 9.59 Å². The van der Waals surface area contributed by atoms with Gasteiger partial charge in [0.2, 0.25) is 5.91 Å². The highest BCUT2D eigenvalue weighted by Gasteiger charge is 2.46. The van der Waals surface area contributed by atoms with Crippen molar-refractivity contribution in [1.29, 1.82) is 0 Å². The largest absolute Gasteiger partial charge is 0.481 e. The van der Waals surface area contributed by atoms with Crippen LogP contribution in [0.5, 0.6) is 0 Å². The molecule has 5 nitrogen and oxygen atoms in total. The normalized spacial score (nSPS) is 33.6. The molecule has 1 saturated carbocycles. The highest BCUT2D eigenvalue weighted by molar-refractivity contribution is 5.78. The number of hydrogen-bond donors (Lipinski definition) is 2. The molecule has 0 aromatic heterocycles. The van der Waals surface area contributed by atoms with Gasteiger partial charge in [-0.2, -0.15) is 0 Å². The van der Waals surface area contributed by atoms with E-state index >= 15 is 0 Å². The highest BCUT2D eigenvalue weighted by atomic mass is 16.4. The van der Waals surface area contributed by atoms with E-state index in [0.717, 1.165) is 32.2 Å². The van der Waals surface area contributed by atoms with Crippen LogP contribution >= 0.6 is 0 Å². The van der Waals surface area contributed by atoms with E-state index in [1.54, 1.807) is 4.90 Å². The second kappa shape index (κ2) is 4.05. The number of amides is 1. The Balaban J connectivity index is 1.98. The molecular formula is C11H18N2O3. The summed E-state index contributed by atoms with van der Waals surface area (Å²) in [6, 6.07) is 0. The number of nitrogens with zero attached hydrogens (tertiary/aromatic N) is 1. The summed E-state index contributed by atoms with van der Waals surface area (Å²) in [5, 5.41) is 8.98. The maximum Gasteiger partial charge on any atom is 0.306 e. The van der Waals surface area contributed by atoms with E-state index in [2.05, 4.69) is 0 Å². The first-order valence-corrected chi connectivity index (χ1v) is 5.77. The molecule has 0 bridgehead atoms. The standard InChI is InChI=1S/C11H18N2O3/c12-6-9(14)13-4-3-11(7-13)2-1-8(5-11)10(15)16/h8H,1-7,12H2,(H,15,16)/t8-,11-/m1/s1. The van der Waals surface area contributed by atoms with Crippen molar-refractivity contribution in [3.8, 4) is 0 Å². The number of carboxylic acids is 1. The molecular weight excluding hydrogens is 208 g/mol. The molecule has 0 unspecified atom stereocenters. The zero-order valence-electron chi connectivity index (χ0n) is 9.32. The molecule has 1 amide bonds. The van der Waals surface area contributed by atoms with Gasteiger partial charge in [-0.15, -0.1) is 0 Å². The van der Waals surface area contributed by atoms with Crippen molar-refractivity contribution >= 4 is 11.9 Å². The first-order chi connectivity index (χ1) is 7.56. The van der Waals surface area contributed by atoms with E-state index in [9.17, 15) is 9.59 Å². The van der Waals surface area contributed by atoms with E-state index in [4.69, 9.17) is 10.8 Å². The van der Waals surface area contributed by atoms with Crippen molar-refractivity contribution in [3.05, 3.63) is 0 Å². The molecule has 16 heavy (non-hydrogen) atoms. The van der Waals surface area contributed by atoms with E-state index in [0.29, 0.717) is 6.54 Å². The first-order valence-electron chi connectivity index (χ1n) is 5.77. The molecule has 2 aliphatic rings. The van der Waals surface area contributed by atoms with E-state index in [1.807, 2.05) is 0 Å². The fourth-order valence-corrected chi connectivity index (χ4v) is 3.07. The van der Waals surface area contributed by atoms with Crippen molar-refractivity contribution in [2.24, 2.45) is 17.1 Å². The number of hydrogen-bond acceptors (Lipinski definition) is 3. The molecule has 0 radical (unpaired) electrons. The number of nitrogens with two attached hydrogens (primary N) is 1. The monoisotopic (exact) mass is 226 g/mol. The summed E-state index contributed by atoms with van der Waals surface area (Å²) in [6.45, 7) is 1.49. The van der Waals surface area contributed by atoms with Gasteiger partial charge in [0.05, 0.1) is 12.5 Å². The highest BCUT2D eigenvalue weighted by Crippen LogP contribution is 2.48. The van der Waals surface area contributed by atoms with Crippen LogP contribution in [0.2, 0.25) is 0 Å².